The summed E-state index contributed by atoms with van der Waals surface area (Å²) < 4.78 is 1.54. The molecule has 1 atom stereocenters. The molecule has 1 aromatic rings. The van der Waals surface area contributed by atoms with Gasteiger partial charge in [-0.05, 0) is 29.3 Å². The fourth-order valence-corrected chi connectivity index (χ4v) is 56.9. The highest BCUT2D eigenvalue weighted by atomic mass is 28.5. The topological polar surface area (TPSA) is 0 Å². The van der Waals surface area contributed by atoms with Crippen molar-refractivity contribution in [3.63, 3.8) is 0 Å². The van der Waals surface area contributed by atoms with Crippen LogP contribution < -0.4 is 5.46 Å². The van der Waals surface area contributed by atoms with Gasteiger partial charge in [0.15, 0.2) is 6.31 Å². The molecule has 173 valence electrons. The van der Waals surface area contributed by atoms with Crippen molar-refractivity contribution in [1.82, 2.24) is 0 Å². The first-order valence-electron chi connectivity index (χ1n) is 12.7. The van der Waals surface area contributed by atoms with E-state index in [4.69, 9.17) is 0 Å². The molecule has 1 radical (unpaired) electrons. The maximum Gasteiger partial charge on any atom is 0.164 e. The summed E-state index contributed by atoms with van der Waals surface area (Å²) in [6.45, 7) is 37.9. The quantitative estimate of drug-likeness (QED) is 0.373. The number of rotatable bonds is 4. The standard InChI is InChI=1S/C25H50BSi5/c1-20-17-21(2)23(22(3)18-20)26-19-31(13,14)25(30(10,11)12)16-15-24(27(25)26,28(4,5)6)29(7,8)9/h17-18H,15-16,19H2,1-14H3/t25-/m1/s1. The fourth-order valence-electron chi connectivity index (χ4n) is 9.56. The van der Waals surface area contributed by atoms with Crippen molar-refractivity contribution >= 4 is 52.7 Å². The van der Waals surface area contributed by atoms with Crippen LogP contribution in [0.15, 0.2) is 12.1 Å². The summed E-state index contributed by atoms with van der Waals surface area (Å²) in [6.07, 6.45) is 4.10. The van der Waals surface area contributed by atoms with Crippen molar-refractivity contribution in [3.05, 3.63) is 28.8 Å². The highest BCUT2D eigenvalue weighted by Crippen LogP contribution is 2.74. The van der Waals surface area contributed by atoms with Crippen LogP contribution in [-0.4, -0.2) is 47.3 Å². The van der Waals surface area contributed by atoms with E-state index in [9.17, 15) is 0 Å². The van der Waals surface area contributed by atoms with E-state index in [0.717, 1.165) is 14.9 Å². The maximum absolute atomic E-state index is 2.85. The molecule has 0 spiro atoms. The SMILES string of the molecule is Cc1cc(C)c(B2C[Si](C)(C)[C@]3([Si](C)(C)C)CCC([Si](C)(C)C)([Si](C)(C)C)[Si]23)c(C)c1. The molecule has 31 heavy (non-hydrogen) atoms. The molecular formula is C25H50BSi5. The molecule has 2 aliphatic rings. The Kier molecular flexibility index (Phi) is 6.23. The molecular weight excluding hydrogens is 452 g/mol. The van der Waals surface area contributed by atoms with Gasteiger partial charge in [0.25, 0.3) is 0 Å². The first kappa shape index (κ1) is 26.0. The van der Waals surface area contributed by atoms with Crippen LogP contribution in [-0.2, 0) is 0 Å². The molecule has 2 aliphatic heterocycles. The van der Waals surface area contributed by atoms with Crippen molar-refractivity contribution in [3.8, 4) is 0 Å². The Morgan fingerprint density at radius 1 is 0.774 bits per heavy atom. The van der Waals surface area contributed by atoms with Crippen LogP contribution >= 0.6 is 0 Å². The molecule has 0 amide bonds. The van der Waals surface area contributed by atoms with Crippen LogP contribution in [0.25, 0.3) is 0 Å². The van der Waals surface area contributed by atoms with Gasteiger partial charge in [0.2, 0.25) is 0 Å². The highest BCUT2D eigenvalue weighted by Gasteiger charge is 2.78. The minimum Gasteiger partial charge on any atom is -0.0778 e. The summed E-state index contributed by atoms with van der Waals surface area (Å²) in [5.41, 5.74) is 6.50. The van der Waals surface area contributed by atoms with Gasteiger partial charge in [-0.3, -0.25) is 0 Å². The van der Waals surface area contributed by atoms with Crippen LogP contribution in [0.1, 0.15) is 29.5 Å². The van der Waals surface area contributed by atoms with E-state index >= 15 is 0 Å². The smallest absolute Gasteiger partial charge is 0.0778 e. The van der Waals surface area contributed by atoms with E-state index < -0.39 is 41.0 Å². The monoisotopic (exact) mass is 501 g/mol. The second-order valence-electron chi connectivity index (χ2n) is 14.9. The normalized spacial score (nSPS) is 26.5. The van der Waals surface area contributed by atoms with Crippen molar-refractivity contribution in [1.29, 1.82) is 0 Å². The van der Waals surface area contributed by atoms with Crippen LogP contribution in [0.2, 0.25) is 86.5 Å². The number of aryl methyl sites for hydroxylation is 3. The number of benzene rings is 1. The summed E-state index contributed by atoms with van der Waals surface area (Å²) >= 11 is 0. The van der Waals surface area contributed by atoms with Crippen molar-refractivity contribution < 1.29 is 0 Å². The van der Waals surface area contributed by atoms with Gasteiger partial charge in [-0.15, -0.1) is 0 Å². The van der Waals surface area contributed by atoms with E-state index in [-0.39, 0.29) is 0 Å². The molecule has 0 aromatic heterocycles. The Bertz CT molecular complexity index is 834. The zero-order chi connectivity index (χ0) is 24.0. The van der Waals surface area contributed by atoms with E-state index in [1.807, 2.05) is 5.46 Å². The van der Waals surface area contributed by atoms with Gasteiger partial charge < -0.3 is 0 Å². The molecule has 0 nitrogen and oxygen atoms in total. The van der Waals surface area contributed by atoms with Gasteiger partial charge in [-0.25, -0.2) is 0 Å². The Morgan fingerprint density at radius 3 is 1.61 bits per heavy atom. The third-order valence-electron chi connectivity index (χ3n) is 9.94. The lowest BCUT2D eigenvalue weighted by Gasteiger charge is -2.59. The van der Waals surface area contributed by atoms with E-state index in [1.165, 1.54) is 5.56 Å². The largest absolute Gasteiger partial charge is 0.164 e. The Hall–Kier alpha value is 0.369. The molecule has 2 heterocycles. The molecule has 2 fully saturated rings. The van der Waals surface area contributed by atoms with Crippen molar-refractivity contribution in [2.75, 3.05) is 0 Å². The summed E-state index contributed by atoms with van der Waals surface area (Å²) in [5, 5.41) is 0. The van der Waals surface area contributed by atoms with Crippen LogP contribution in [0.3, 0.4) is 0 Å². The molecule has 0 unspecified atom stereocenters. The average molecular weight is 502 g/mol. The van der Waals surface area contributed by atoms with Gasteiger partial charge in [0, 0.05) is 41.0 Å². The first-order chi connectivity index (χ1) is 13.7. The Morgan fingerprint density at radius 2 is 1.23 bits per heavy atom. The second-order valence-corrected chi connectivity index (χ2v) is 42.2. The van der Waals surface area contributed by atoms with Crippen molar-refractivity contribution in [2.24, 2.45) is 0 Å². The fraction of sp³-hybridized carbons (Fsp3) is 0.760. The lowest BCUT2D eigenvalue weighted by molar-refractivity contribution is 0.762. The molecule has 0 bridgehead atoms. The van der Waals surface area contributed by atoms with Gasteiger partial charge in [-0.2, -0.15) is 0 Å². The highest BCUT2D eigenvalue weighted by molar-refractivity contribution is 7.49. The Labute approximate surface area is 201 Å². The van der Waals surface area contributed by atoms with Crippen LogP contribution in [0.4, 0.5) is 0 Å². The molecule has 0 aliphatic carbocycles. The molecule has 2 saturated heterocycles. The Balaban J connectivity index is 2.44. The summed E-state index contributed by atoms with van der Waals surface area (Å²) in [6, 6.07) is 5.01. The molecule has 0 N–H and O–H groups in total. The molecule has 6 heteroatoms. The lowest BCUT2D eigenvalue weighted by Crippen LogP contribution is -2.70. The minimum absolute atomic E-state index is 0.554. The average Bonchev–Trinajstić information content (AvgIpc) is 2.99. The van der Waals surface area contributed by atoms with Crippen molar-refractivity contribution in [2.45, 2.75) is 120 Å². The third-order valence-corrected chi connectivity index (χ3v) is 47.1. The second kappa shape index (κ2) is 7.43. The molecule has 3 rings (SSSR count). The van der Waals surface area contributed by atoms with E-state index in [0.29, 0.717) is 0 Å². The maximum atomic E-state index is 2.85. The van der Waals surface area contributed by atoms with Gasteiger partial charge >= 0.3 is 0 Å². The van der Waals surface area contributed by atoms with E-state index in [2.05, 4.69) is 105 Å². The van der Waals surface area contributed by atoms with Gasteiger partial charge in [0.05, 0.1) is 0 Å². The third kappa shape index (κ3) is 3.43. The molecule has 0 saturated carbocycles. The van der Waals surface area contributed by atoms with Gasteiger partial charge in [-0.1, -0.05) is 125 Å². The summed E-state index contributed by atoms with van der Waals surface area (Å²) in [7, 11) is -5.94. The van der Waals surface area contributed by atoms with Crippen LogP contribution in [0.5, 0.6) is 0 Å². The first-order valence-corrected chi connectivity index (χ1v) is 28.0. The summed E-state index contributed by atoms with van der Waals surface area (Å²) in [5.74, 6) is 1.58. The number of hydrogen-bond acceptors (Lipinski definition) is 0. The molecule has 1 aromatic carbocycles. The number of hydrogen-bond donors (Lipinski definition) is 0. The summed E-state index contributed by atoms with van der Waals surface area (Å²) in [4.78, 5) is 0. The predicted octanol–water partition coefficient (Wildman–Crippen LogP) is 7.59. The van der Waals surface area contributed by atoms with Crippen LogP contribution in [0, 0.1) is 20.8 Å². The minimum atomic E-state index is -1.36. The zero-order valence-electron chi connectivity index (χ0n) is 23.4. The van der Waals surface area contributed by atoms with Gasteiger partial charge in [0.1, 0.15) is 0 Å². The lowest BCUT2D eigenvalue weighted by atomic mass is 9.65. The zero-order valence-corrected chi connectivity index (χ0v) is 28.4. The van der Waals surface area contributed by atoms with E-state index in [1.54, 1.807) is 29.9 Å². The number of fused-ring (bicyclic) bond motifs is 1. The predicted molar refractivity (Wildman–Crippen MR) is 159 cm³/mol.